The third-order valence-corrected chi connectivity index (χ3v) is 3.38. The standard InChI is InChI=1S/C14H10BrFN2O/c1-19-12-7-8(15)5-6-9(12)14-17-11-4-2-3-10(16)13(11)18-14/h2-7H,1H3,(H,17,18). The maximum Gasteiger partial charge on any atom is 0.151 e. The van der Waals surface area contributed by atoms with E-state index in [1.54, 1.807) is 19.2 Å². The molecule has 0 aliphatic heterocycles. The maximum absolute atomic E-state index is 13.6. The summed E-state index contributed by atoms with van der Waals surface area (Å²) in [6, 6.07) is 10.4. The highest BCUT2D eigenvalue weighted by atomic mass is 79.9. The van der Waals surface area contributed by atoms with Crippen molar-refractivity contribution in [1.82, 2.24) is 9.97 Å². The molecule has 0 aliphatic rings. The molecule has 0 amide bonds. The van der Waals surface area contributed by atoms with Crippen molar-refractivity contribution in [2.24, 2.45) is 0 Å². The summed E-state index contributed by atoms with van der Waals surface area (Å²) in [5.41, 5.74) is 1.80. The van der Waals surface area contributed by atoms with Gasteiger partial charge < -0.3 is 9.72 Å². The lowest BCUT2D eigenvalue weighted by molar-refractivity contribution is 0.416. The largest absolute Gasteiger partial charge is 0.496 e. The van der Waals surface area contributed by atoms with Crippen LogP contribution in [0.2, 0.25) is 0 Å². The first-order valence-corrected chi connectivity index (χ1v) is 6.46. The van der Waals surface area contributed by atoms with Crippen molar-refractivity contribution in [3.8, 4) is 17.1 Å². The highest BCUT2D eigenvalue weighted by Crippen LogP contribution is 2.32. The zero-order valence-corrected chi connectivity index (χ0v) is 11.7. The summed E-state index contributed by atoms with van der Waals surface area (Å²) in [6.07, 6.45) is 0. The van der Waals surface area contributed by atoms with Gasteiger partial charge in [0, 0.05) is 4.47 Å². The first-order chi connectivity index (χ1) is 9.19. The van der Waals surface area contributed by atoms with Gasteiger partial charge in [-0.15, -0.1) is 0 Å². The quantitative estimate of drug-likeness (QED) is 0.770. The van der Waals surface area contributed by atoms with Gasteiger partial charge in [-0.2, -0.15) is 0 Å². The van der Waals surface area contributed by atoms with Crippen LogP contribution < -0.4 is 4.74 Å². The van der Waals surface area contributed by atoms with Crippen molar-refractivity contribution >= 4 is 27.0 Å². The van der Waals surface area contributed by atoms with Crippen LogP contribution in [0.15, 0.2) is 40.9 Å². The number of aromatic amines is 1. The summed E-state index contributed by atoms with van der Waals surface area (Å²) < 4.78 is 19.9. The van der Waals surface area contributed by atoms with Crippen molar-refractivity contribution in [2.75, 3.05) is 7.11 Å². The van der Waals surface area contributed by atoms with Gasteiger partial charge >= 0.3 is 0 Å². The van der Waals surface area contributed by atoms with Crippen LogP contribution in [0, 0.1) is 5.82 Å². The van der Waals surface area contributed by atoms with Crippen LogP contribution in [0.3, 0.4) is 0 Å². The molecule has 3 aromatic rings. The van der Waals surface area contributed by atoms with Crippen molar-refractivity contribution in [1.29, 1.82) is 0 Å². The molecular formula is C14H10BrFN2O. The van der Waals surface area contributed by atoms with E-state index in [1.807, 2.05) is 18.2 Å². The van der Waals surface area contributed by atoms with E-state index in [0.29, 0.717) is 22.6 Å². The SMILES string of the molecule is COc1cc(Br)ccc1-c1nc2c(F)cccc2[nH]1. The molecule has 3 rings (SSSR count). The first-order valence-electron chi connectivity index (χ1n) is 5.67. The molecule has 0 bridgehead atoms. The summed E-state index contributed by atoms with van der Waals surface area (Å²) in [6.45, 7) is 0. The van der Waals surface area contributed by atoms with Crippen LogP contribution in [0.4, 0.5) is 4.39 Å². The number of H-pyrrole nitrogens is 1. The Bertz CT molecular complexity index is 754. The number of para-hydroxylation sites is 1. The van der Waals surface area contributed by atoms with Gasteiger partial charge in [0.2, 0.25) is 0 Å². The number of hydrogen-bond donors (Lipinski definition) is 1. The van der Waals surface area contributed by atoms with Gasteiger partial charge in [0.1, 0.15) is 17.1 Å². The Hall–Kier alpha value is -1.88. The van der Waals surface area contributed by atoms with E-state index < -0.39 is 0 Å². The molecule has 0 fully saturated rings. The Kier molecular flexibility index (Phi) is 2.98. The van der Waals surface area contributed by atoms with Gasteiger partial charge in [-0.3, -0.25) is 0 Å². The van der Waals surface area contributed by atoms with Gasteiger partial charge in [-0.1, -0.05) is 22.0 Å². The molecular weight excluding hydrogens is 311 g/mol. The van der Waals surface area contributed by atoms with E-state index in [9.17, 15) is 4.39 Å². The van der Waals surface area contributed by atoms with Crippen LogP contribution in [0.1, 0.15) is 0 Å². The van der Waals surface area contributed by atoms with E-state index in [2.05, 4.69) is 25.9 Å². The van der Waals surface area contributed by atoms with E-state index in [1.165, 1.54) is 6.07 Å². The molecule has 0 spiro atoms. The highest BCUT2D eigenvalue weighted by Gasteiger charge is 2.12. The second-order valence-electron chi connectivity index (χ2n) is 4.07. The smallest absolute Gasteiger partial charge is 0.151 e. The summed E-state index contributed by atoms with van der Waals surface area (Å²) >= 11 is 3.39. The number of rotatable bonds is 2. The van der Waals surface area contributed by atoms with Gasteiger partial charge in [-0.05, 0) is 30.3 Å². The minimum atomic E-state index is -0.337. The Morgan fingerprint density at radius 3 is 2.84 bits per heavy atom. The zero-order valence-electron chi connectivity index (χ0n) is 10.1. The molecule has 96 valence electrons. The Balaban J connectivity index is 2.22. The molecule has 1 aromatic heterocycles. The summed E-state index contributed by atoms with van der Waals surface area (Å²) in [5, 5.41) is 0. The number of benzene rings is 2. The summed E-state index contributed by atoms with van der Waals surface area (Å²) in [4.78, 5) is 7.40. The summed E-state index contributed by atoms with van der Waals surface area (Å²) in [7, 11) is 1.59. The molecule has 0 atom stereocenters. The summed E-state index contributed by atoms with van der Waals surface area (Å²) in [5.74, 6) is 0.925. The predicted octanol–water partition coefficient (Wildman–Crippen LogP) is 4.14. The average Bonchev–Trinajstić information content (AvgIpc) is 2.83. The fourth-order valence-corrected chi connectivity index (χ4v) is 2.33. The van der Waals surface area contributed by atoms with E-state index in [-0.39, 0.29) is 5.82 Å². The number of methoxy groups -OCH3 is 1. The lowest BCUT2D eigenvalue weighted by atomic mass is 10.2. The number of aromatic nitrogens is 2. The monoisotopic (exact) mass is 320 g/mol. The van der Waals surface area contributed by atoms with Crippen LogP contribution in [-0.4, -0.2) is 17.1 Å². The number of imidazole rings is 1. The lowest BCUT2D eigenvalue weighted by Crippen LogP contribution is -1.89. The normalized spacial score (nSPS) is 10.9. The van der Waals surface area contributed by atoms with Gasteiger partial charge in [0.05, 0.1) is 18.2 Å². The van der Waals surface area contributed by atoms with E-state index >= 15 is 0 Å². The number of ether oxygens (including phenoxy) is 1. The lowest BCUT2D eigenvalue weighted by Gasteiger charge is -2.06. The molecule has 0 radical (unpaired) electrons. The van der Waals surface area contributed by atoms with E-state index in [0.717, 1.165) is 10.0 Å². The van der Waals surface area contributed by atoms with Crippen LogP contribution in [0.5, 0.6) is 5.75 Å². The van der Waals surface area contributed by atoms with Crippen molar-refractivity contribution in [3.05, 3.63) is 46.7 Å². The van der Waals surface area contributed by atoms with Crippen LogP contribution in [-0.2, 0) is 0 Å². The molecule has 1 heterocycles. The Labute approximate surface area is 117 Å². The molecule has 0 saturated heterocycles. The minimum Gasteiger partial charge on any atom is -0.496 e. The fraction of sp³-hybridized carbons (Fsp3) is 0.0714. The molecule has 0 aliphatic carbocycles. The third-order valence-electron chi connectivity index (χ3n) is 2.88. The molecule has 2 aromatic carbocycles. The van der Waals surface area contributed by atoms with Gasteiger partial charge in [0.25, 0.3) is 0 Å². The molecule has 5 heteroatoms. The number of nitrogens with one attached hydrogen (secondary N) is 1. The fourth-order valence-electron chi connectivity index (χ4n) is 1.99. The number of halogens is 2. The number of fused-ring (bicyclic) bond motifs is 1. The Morgan fingerprint density at radius 2 is 2.11 bits per heavy atom. The maximum atomic E-state index is 13.6. The third kappa shape index (κ3) is 2.10. The average molecular weight is 321 g/mol. The topological polar surface area (TPSA) is 37.9 Å². The molecule has 0 unspecified atom stereocenters. The van der Waals surface area contributed by atoms with Crippen molar-refractivity contribution in [3.63, 3.8) is 0 Å². The molecule has 19 heavy (non-hydrogen) atoms. The number of nitrogens with zero attached hydrogens (tertiary/aromatic N) is 1. The second kappa shape index (κ2) is 4.66. The van der Waals surface area contributed by atoms with Gasteiger partial charge in [0.15, 0.2) is 5.82 Å². The van der Waals surface area contributed by atoms with Crippen molar-refractivity contribution < 1.29 is 9.13 Å². The van der Waals surface area contributed by atoms with Crippen molar-refractivity contribution in [2.45, 2.75) is 0 Å². The zero-order chi connectivity index (χ0) is 13.4. The predicted molar refractivity (Wildman–Crippen MR) is 75.7 cm³/mol. The molecule has 1 N–H and O–H groups in total. The van der Waals surface area contributed by atoms with Crippen LogP contribution in [0.25, 0.3) is 22.4 Å². The number of hydrogen-bond acceptors (Lipinski definition) is 2. The van der Waals surface area contributed by atoms with Crippen LogP contribution >= 0.6 is 15.9 Å². The van der Waals surface area contributed by atoms with Gasteiger partial charge in [-0.25, -0.2) is 9.37 Å². The second-order valence-corrected chi connectivity index (χ2v) is 4.98. The van der Waals surface area contributed by atoms with E-state index in [4.69, 9.17) is 4.74 Å². The minimum absolute atomic E-state index is 0.336. The highest BCUT2D eigenvalue weighted by molar-refractivity contribution is 9.10. The Morgan fingerprint density at radius 1 is 1.26 bits per heavy atom. The molecule has 3 nitrogen and oxygen atoms in total. The molecule has 0 saturated carbocycles. The first kappa shape index (κ1) is 12.2.